The molecule has 0 radical (unpaired) electrons. The molecule has 0 amide bonds. The monoisotopic (exact) mass is 391 g/mol. The predicted octanol–water partition coefficient (Wildman–Crippen LogP) is 2.83. The highest BCUT2D eigenvalue weighted by Crippen LogP contribution is 2.28. The molecular weight excluding hydrogens is 358 g/mol. The first-order valence-electron chi connectivity index (χ1n) is 10.1. The maximum absolute atomic E-state index is 11.9. The Morgan fingerprint density at radius 1 is 1.18 bits per heavy atom. The second kappa shape index (κ2) is 11.4. The van der Waals surface area contributed by atoms with Crippen molar-refractivity contribution in [3.63, 3.8) is 0 Å². The predicted molar refractivity (Wildman–Crippen MR) is 110 cm³/mol. The number of carbonyl (C=O) groups is 1. The average Bonchev–Trinajstić information content (AvgIpc) is 2.72. The molecule has 0 aliphatic carbocycles. The van der Waals surface area contributed by atoms with Crippen LogP contribution in [0.4, 0.5) is 0 Å². The topological polar surface area (TPSA) is 72.4 Å². The van der Waals surface area contributed by atoms with Crippen molar-refractivity contribution in [2.75, 3.05) is 40.0 Å². The summed E-state index contributed by atoms with van der Waals surface area (Å²) in [5, 5.41) is 3.36. The van der Waals surface area contributed by atoms with E-state index in [4.69, 9.17) is 19.2 Å². The maximum Gasteiger partial charge on any atom is 0.309 e. The molecule has 1 aromatic rings. The van der Waals surface area contributed by atoms with Gasteiger partial charge in [-0.3, -0.25) is 4.79 Å². The summed E-state index contributed by atoms with van der Waals surface area (Å²) in [5.74, 6) is 2.25. The zero-order chi connectivity index (χ0) is 20.4. The van der Waals surface area contributed by atoms with E-state index >= 15 is 0 Å². The van der Waals surface area contributed by atoms with Gasteiger partial charge in [0, 0.05) is 19.6 Å². The van der Waals surface area contributed by atoms with Crippen LogP contribution in [0.2, 0.25) is 0 Å². The zero-order valence-electron chi connectivity index (χ0n) is 17.5. The summed E-state index contributed by atoms with van der Waals surface area (Å²) in [6.07, 6.45) is 1.58. The van der Waals surface area contributed by atoms with Crippen LogP contribution in [0.25, 0.3) is 0 Å². The van der Waals surface area contributed by atoms with Gasteiger partial charge in [0.15, 0.2) is 17.5 Å². The number of hydrogen-bond donors (Lipinski definition) is 1. The Labute approximate surface area is 168 Å². The molecule has 0 saturated carbocycles. The molecule has 1 fully saturated rings. The Bertz CT molecular complexity index is 655. The lowest BCUT2D eigenvalue weighted by Crippen LogP contribution is -2.46. The van der Waals surface area contributed by atoms with Gasteiger partial charge >= 0.3 is 5.97 Å². The third-order valence-electron chi connectivity index (χ3n) is 4.69. The first kappa shape index (κ1) is 21.9. The fourth-order valence-electron chi connectivity index (χ4n) is 3.26. The fourth-order valence-corrected chi connectivity index (χ4v) is 3.26. The number of likely N-dealkylation sites (tertiary alicyclic amines) is 1. The molecule has 1 N–H and O–H groups in total. The fraction of sp³-hybridized carbons (Fsp3) is 0.619. The molecule has 2 rings (SSSR count). The highest BCUT2D eigenvalue weighted by Gasteiger charge is 2.27. The Kier molecular flexibility index (Phi) is 8.91. The highest BCUT2D eigenvalue weighted by atomic mass is 16.5. The van der Waals surface area contributed by atoms with E-state index in [9.17, 15) is 4.79 Å². The van der Waals surface area contributed by atoms with Crippen LogP contribution in [-0.4, -0.2) is 56.8 Å². The smallest absolute Gasteiger partial charge is 0.309 e. The lowest BCUT2D eigenvalue weighted by molar-refractivity contribution is -0.149. The summed E-state index contributed by atoms with van der Waals surface area (Å²) >= 11 is 0. The van der Waals surface area contributed by atoms with Crippen LogP contribution < -0.4 is 14.8 Å². The molecule has 1 saturated heterocycles. The molecular formula is C21H33N3O4. The first-order valence-corrected chi connectivity index (χ1v) is 10.1. The molecule has 1 aliphatic rings. The number of nitrogens with one attached hydrogen (secondary N) is 1. The minimum absolute atomic E-state index is 0.00514. The summed E-state index contributed by atoms with van der Waals surface area (Å²) < 4.78 is 16.1. The van der Waals surface area contributed by atoms with Gasteiger partial charge < -0.3 is 24.4 Å². The highest BCUT2D eigenvalue weighted by molar-refractivity contribution is 5.80. The number of methoxy groups -OCH3 is 1. The van der Waals surface area contributed by atoms with Crippen molar-refractivity contribution in [2.45, 2.75) is 40.2 Å². The molecule has 1 heterocycles. The van der Waals surface area contributed by atoms with Crippen LogP contribution in [0.5, 0.6) is 11.5 Å². The van der Waals surface area contributed by atoms with E-state index in [0.29, 0.717) is 19.8 Å². The second-order valence-electron chi connectivity index (χ2n) is 6.60. The maximum atomic E-state index is 11.9. The molecule has 0 atom stereocenters. The van der Waals surface area contributed by atoms with Gasteiger partial charge in [0.25, 0.3) is 0 Å². The van der Waals surface area contributed by atoms with Crippen molar-refractivity contribution in [1.82, 2.24) is 10.2 Å². The number of aliphatic imine (C=N–C) groups is 1. The zero-order valence-corrected chi connectivity index (χ0v) is 17.5. The van der Waals surface area contributed by atoms with E-state index in [1.165, 1.54) is 0 Å². The minimum Gasteiger partial charge on any atom is -0.493 e. The molecule has 0 unspecified atom stereocenters. The Morgan fingerprint density at radius 3 is 2.54 bits per heavy atom. The molecule has 28 heavy (non-hydrogen) atoms. The second-order valence-corrected chi connectivity index (χ2v) is 6.60. The van der Waals surface area contributed by atoms with Crippen LogP contribution in [0.3, 0.4) is 0 Å². The van der Waals surface area contributed by atoms with E-state index in [2.05, 4.69) is 17.1 Å². The van der Waals surface area contributed by atoms with Crippen LogP contribution in [0, 0.1) is 5.92 Å². The molecule has 0 bridgehead atoms. The summed E-state index contributed by atoms with van der Waals surface area (Å²) in [5.41, 5.74) is 1.05. The van der Waals surface area contributed by atoms with Gasteiger partial charge in [0.2, 0.25) is 0 Å². The number of rotatable bonds is 8. The van der Waals surface area contributed by atoms with E-state index in [0.717, 1.165) is 55.5 Å². The van der Waals surface area contributed by atoms with Gasteiger partial charge in [0.05, 0.1) is 32.8 Å². The number of ether oxygens (including phenoxy) is 3. The normalized spacial score (nSPS) is 15.3. The SMILES string of the molecule is CCNC(=NCc1ccc(OCC)c(OC)c1)N1CCC(C(=O)OCC)CC1. The molecule has 156 valence electrons. The number of guanidine groups is 1. The van der Waals surface area contributed by atoms with Gasteiger partial charge in [0.1, 0.15) is 0 Å². The van der Waals surface area contributed by atoms with Gasteiger partial charge in [-0.2, -0.15) is 0 Å². The minimum atomic E-state index is -0.0782. The quantitative estimate of drug-likeness (QED) is 0.417. The number of esters is 1. The molecule has 1 aliphatic heterocycles. The van der Waals surface area contributed by atoms with Crippen molar-refractivity contribution in [3.8, 4) is 11.5 Å². The summed E-state index contributed by atoms with van der Waals surface area (Å²) in [6, 6.07) is 5.89. The van der Waals surface area contributed by atoms with E-state index < -0.39 is 0 Å². The summed E-state index contributed by atoms with van der Waals surface area (Å²) in [7, 11) is 1.64. The molecule has 1 aromatic carbocycles. The Balaban J connectivity index is 2.02. The third kappa shape index (κ3) is 6.04. The molecule has 0 spiro atoms. The number of piperidine rings is 1. The summed E-state index contributed by atoms with van der Waals surface area (Å²) in [6.45, 7) is 9.82. The Hall–Kier alpha value is -2.44. The van der Waals surface area contributed by atoms with Crippen LogP contribution in [-0.2, 0) is 16.1 Å². The third-order valence-corrected chi connectivity index (χ3v) is 4.69. The van der Waals surface area contributed by atoms with Gasteiger partial charge in [-0.1, -0.05) is 6.07 Å². The lowest BCUT2D eigenvalue weighted by atomic mass is 9.97. The molecule has 7 heteroatoms. The van der Waals surface area contributed by atoms with E-state index in [1.807, 2.05) is 32.0 Å². The van der Waals surface area contributed by atoms with Crippen molar-refractivity contribution in [2.24, 2.45) is 10.9 Å². The van der Waals surface area contributed by atoms with Gasteiger partial charge in [-0.05, 0) is 51.3 Å². The summed E-state index contributed by atoms with van der Waals surface area (Å²) in [4.78, 5) is 18.9. The van der Waals surface area contributed by atoms with Crippen molar-refractivity contribution < 1.29 is 19.0 Å². The van der Waals surface area contributed by atoms with Crippen LogP contribution >= 0.6 is 0 Å². The van der Waals surface area contributed by atoms with Crippen LogP contribution in [0.1, 0.15) is 39.2 Å². The lowest BCUT2D eigenvalue weighted by Gasteiger charge is -2.33. The standard InChI is InChI=1S/C21H33N3O4/c1-5-22-21(24-12-10-17(11-13-24)20(25)28-7-3)23-15-16-8-9-18(27-6-2)19(14-16)26-4/h8-9,14,17H,5-7,10-13,15H2,1-4H3,(H,22,23). The van der Waals surface area contributed by atoms with Crippen molar-refractivity contribution >= 4 is 11.9 Å². The first-order chi connectivity index (χ1) is 13.6. The number of hydrogen-bond acceptors (Lipinski definition) is 5. The van der Waals surface area contributed by atoms with Crippen molar-refractivity contribution in [1.29, 1.82) is 0 Å². The van der Waals surface area contributed by atoms with E-state index in [1.54, 1.807) is 7.11 Å². The van der Waals surface area contributed by atoms with Crippen LogP contribution in [0.15, 0.2) is 23.2 Å². The number of benzene rings is 1. The average molecular weight is 392 g/mol. The number of carbonyl (C=O) groups excluding carboxylic acids is 1. The molecule has 7 nitrogen and oxygen atoms in total. The largest absolute Gasteiger partial charge is 0.493 e. The Morgan fingerprint density at radius 2 is 1.93 bits per heavy atom. The molecule has 0 aromatic heterocycles. The number of nitrogens with zero attached hydrogens (tertiary/aromatic N) is 2. The van der Waals surface area contributed by atoms with Gasteiger partial charge in [-0.25, -0.2) is 4.99 Å². The van der Waals surface area contributed by atoms with Crippen molar-refractivity contribution in [3.05, 3.63) is 23.8 Å². The van der Waals surface area contributed by atoms with E-state index in [-0.39, 0.29) is 11.9 Å². The van der Waals surface area contributed by atoms with Gasteiger partial charge in [-0.15, -0.1) is 0 Å².